The van der Waals surface area contributed by atoms with Gasteiger partial charge in [0.1, 0.15) is 0 Å². The molecule has 2 heteroatoms. The van der Waals surface area contributed by atoms with Crippen molar-refractivity contribution in [1.29, 1.82) is 0 Å². The molecular formula is C22H26N2. The Morgan fingerprint density at radius 3 is 2.75 bits per heavy atom. The van der Waals surface area contributed by atoms with E-state index in [0.717, 1.165) is 26.1 Å². The monoisotopic (exact) mass is 318 g/mol. The second-order valence-electron chi connectivity index (χ2n) is 6.83. The fourth-order valence-corrected chi connectivity index (χ4v) is 3.84. The second kappa shape index (κ2) is 6.82. The number of hydrogen-bond donors (Lipinski definition) is 1. The van der Waals surface area contributed by atoms with Crippen LogP contribution in [0.2, 0.25) is 0 Å². The maximum atomic E-state index is 3.51. The Morgan fingerprint density at radius 2 is 1.92 bits per heavy atom. The van der Waals surface area contributed by atoms with Crippen LogP contribution in [-0.2, 0) is 19.4 Å². The molecule has 0 spiro atoms. The van der Waals surface area contributed by atoms with Crippen molar-refractivity contribution in [2.75, 3.05) is 13.1 Å². The van der Waals surface area contributed by atoms with Gasteiger partial charge >= 0.3 is 0 Å². The summed E-state index contributed by atoms with van der Waals surface area (Å²) in [5, 5.41) is 4.88. The van der Waals surface area contributed by atoms with E-state index >= 15 is 0 Å². The molecule has 1 N–H and O–H groups in total. The summed E-state index contributed by atoms with van der Waals surface area (Å²) in [5.74, 6) is 0. The minimum absolute atomic E-state index is 1.06. The van der Waals surface area contributed by atoms with Crippen molar-refractivity contribution in [3.63, 3.8) is 0 Å². The number of nitrogens with zero attached hydrogens (tertiary/aromatic N) is 1. The van der Waals surface area contributed by atoms with Crippen molar-refractivity contribution in [3.05, 3.63) is 59.8 Å². The molecule has 1 aliphatic heterocycles. The molecular weight excluding hydrogens is 292 g/mol. The first-order valence-corrected chi connectivity index (χ1v) is 9.28. The van der Waals surface area contributed by atoms with Crippen LogP contribution in [0.4, 0.5) is 0 Å². The summed E-state index contributed by atoms with van der Waals surface area (Å²) in [6.07, 6.45) is 4.83. The van der Waals surface area contributed by atoms with Crippen molar-refractivity contribution >= 4 is 10.9 Å². The highest BCUT2D eigenvalue weighted by Crippen LogP contribution is 2.32. The highest BCUT2D eigenvalue weighted by molar-refractivity contribution is 5.95. The maximum Gasteiger partial charge on any atom is 0.0562 e. The van der Waals surface area contributed by atoms with Crippen LogP contribution in [0.15, 0.2) is 48.5 Å². The van der Waals surface area contributed by atoms with E-state index in [-0.39, 0.29) is 0 Å². The standard InChI is InChI=1S/C22H26N2/c1-2-3-5-17-8-10-18(11-9-17)21-7-4-6-19-16-20-12-13-23-14-15-24(20)22(19)21/h4,6-11,16,23H,2-3,5,12-15H2,1H3. The number of rotatable bonds is 4. The molecule has 0 saturated carbocycles. The number of aromatic nitrogens is 1. The predicted octanol–water partition coefficient (Wildman–Crippen LogP) is 4.80. The summed E-state index contributed by atoms with van der Waals surface area (Å²) >= 11 is 0. The molecule has 2 aromatic carbocycles. The fourth-order valence-electron chi connectivity index (χ4n) is 3.84. The lowest BCUT2D eigenvalue weighted by molar-refractivity contribution is 0.658. The van der Waals surface area contributed by atoms with Crippen molar-refractivity contribution in [2.45, 2.75) is 39.2 Å². The van der Waals surface area contributed by atoms with Gasteiger partial charge in [0.05, 0.1) is 5.52 Å². The van der Waals surface area contributed by atoms with E-state index < -0.39 is 0 Å². The van der Waals surface area contributed by atoms with Crippen LogP contribution in [0, 0.1) is 0 Å². The van der Waals surface area contributed by atoms with Gasteiger partial charge in [-0.05, 0) is 30.0 Å². The number of aryl methyl sites for hydroxylation is 1. The molecule has 0 radical (unpaired) electrons. The van der Waals surface area contributed by atoms with E-state index in [1.165, 1.54) is 52.5 Å². The number of fused-ring (bicyclic) bond motifs is 3. The SMILES string of the molecule is CCCCc1ccc(-c2cccc3cc4n(c23)CCNCC4)cc1. The molecule has 1 aromatic heterocycles. The first-order chi connectivity index (χ1) is 11.9. The lowest BCUT2D eigenvalue weighted by Gasteiger charge is -2.11. The first-order valence-electron chi connectivity index (χ1n) is 9.28. The summed E-state index contributed by atoms with van der Waals surface area (Å²) in [6.45, 7) is 5.45. The first kappa shape index (κ1) is 15.5. The van der Waals surface area contributed by atoms with E-state index in [1.54, 1.807) is 0 Å². The van der Waals surface area contributed by atoms with E-state index in [4.69, 9.17) is 0 Å². The highest BCUT2D eigenvalue weighted by atomic mass is 15.0. The van der Waals surface area contributed by atoms with Crippen LogP contribution < -0.4 is 5.32 Å². The minimum atomic E-state index is 1.06. The van der Waals surface area contributed by atoms with E-state index in [2.05, 4.69) is 65.3 Å². The van der Waals surface area contributed by atoms with E-state index in [1.807, 2.05) is 0 Å². The summed E-state index contributed by atoms with van der Waals surface area (Å²) in [5.41, 5.74) is 7.01. The Morgan fingerprint density at radius 1 is 1.04 bits per heavy atom. The average Bonchev–Trinajstić information content (AvgIpc) is 2.82. The average molecular weight is 318 g/mol. The quantitative estimate of drug-likeness (QED) is 0.731. The Kier molecular flexibility index (Phi) is 4.40. The third-order valence-corrected chi connectivity index (χ3v) is 5.16. The van der Waals surface area contributed by atoms with Crippen LogP contribution >= 0.6 is 0 Å². The molecule has 124 valence electrons. The number of unbranched alkanes of at least 4 members (excludes halogenated alkanes) is 1. The number of para-hydroxylation sites is 1. The molecule has 0 saturated heterocycles. The molecule has 4 rings (SSSR count). The van der Waals surface area contributed by atoms with Gasteiger partial charge in [0.25, 0.3) is 0 Å². The van der Waals surface area contributed by atoms with Gasteiger partial charge in [-0.1, -0.05) is 55.8 Å². The van der Waals surface area contributed by atoms with Crippen LogP contribution in [-0.4, -0.2) is 17.7 Å². The summed E-state index contributed by atoms with van der Waals surface area (Å²) < 4.78 is 2.52. The van der Waals surface area contributed by atoms with E-state index in [9.17, 15) is 0 Å². The molecule has 0 fully saturated rings. The van der Waals surface area contributed by atoms with Crippen LogP contribution in [0.1, 0.15) is 31.0 Å². The van der Waals surface area contributed by atoms with Crippen molar-refractivity contribution in [1.82, 2.24) is 9.88 Å². The van der Waals surface area contributed by atoms with Crippen LogP contribution in [0.25, 0.3) is 22.0 Å². The number of hydrogen-bond acceptors (Lipinski definition) is 1. The molecule has 2 nitrogen and oxygen atoms in total. The highest BCUT2D eigenvalue weighted by Gasteiger charge is 2.15. The van der Waals surface area contributed by atoms with Gasteiger partial charge in [-0.3, -0.25) is 0 Å². The van der Waals surface area contributed by atoms with E-state index in [0.29, 0.717) is 0 Å². The molecule has 0 atom stereocenters. The number of nitrogens with one attached hydrogen (secondary N) is 1. The lowest BCUT2D eigenvalue weighted by atomic mass is 10.00. The number of benzene rings is 2. The second-order valence-corrected chi connectivity index (χ2v) is 6.83. The fraction of sp³-hybridized carbons (Fsp3) is 0.364. The summed E-state index contributed by atoms with van der Waals surface area (Å²) in [4.78, 5) is 0. The lowest BCUT2D eigenvalue weighted by Crippen LogP contribution is -2.17. The smallest absolute Gasteiger partial charge is 0.0562 e. The third kappa shape index (κ3) is 2.87. The van der Waals surface area contributed by atoms with Gasteiger partial charge in [-0.15, -0.1) is 0 Å². The van der Waals surface area contributed by atoms with Gasteiger partial charge in [-0.25, -0.2) is 0 Å². The van der Waals surface area contributed by atoms with Gasteiger partial charge < -0.3 is 9.88 Å². The topological polar surface area (TPSA) is 17.0 Å². The van der Waals surface area contributed by atoms with Gasteiger partial charge in [0, 0.05) is 42.7 Å². The molecule has 3 aromatic rings. The van der Waals surface area contributed by atoms with Crippen molar-refractivity contribution in [3.8, 4) is 11.1 Å². The Balaban J connectivity index is 1.77. The molecule has 0 amide bonds. The molecule has 1 aliphatic rings. The van der Waals surface area contributed by atoms with Crippen LogP contribution in [0.5, 0.6) is 0 Å². The minimum Gasteiger partial charge on any atom is -0.343 e. The Bertz CT molecular complexity index is 827. The summed E-state index contributed by atoms with van der Waals surface area (Å²) in [7, 11) is 0. The maximum absolute atomic E-state index is 3.51. The zero-order valence-electron chi connectivity index (χ0n) is 14.5. The molecule has 0 aliphatic carbocycles. The normalized spacial score (nSPS) is 14.5. The van der Waals surface area contributed by atoms with Crippen molar-refractivity contribution in [2.24, 2.45) is 0 Å². The molecule has 2 heterocycles. The largest absolute Gasteiger partial charge is 0.343 e. The van der Waals surface area contributed by atoms with Crippen LogP contribution in [0.3, 0.4) is 0 Å². The van der Waals surface area contributed by atoms with Gasteiger partial charge in [0.15, 0.2) is 0 Å². The Hall–Kier alpha value is -2.06. The molecule has 24 heavy (non-hydrogen) atoms. The van der Waals surface area contributed by atoms with Gasteiger partial charge in [-0.2, -0.15) is 0 Å². The Labute approximate surface area is 144 Å². The van der Waals surface area contributed by atoms with Crippen molar-refractivity contribution < 1.29 is 0 Å². The van der Waals surface area contributed by atoms with Gasteiger partial charge in [0.2, 0.25) is 0 Å². The third-order valence-electron chi connectivity index (χ3n) is 5.16. The molecule has 0 bridgehead atoms. The summed E-state index contributed by atoms with van der Waals surface area (Å²) in [6, 6.07) is 18.3. The predicted molar refractivity (Wildman–Crippen MR) is 103 cm³/mol. The zero-order chi connectivity index (χ0) is 16.4. The zero-order valence-corrected chi connectivity index (χ0v) is 14.5. The molecule has 0 unspecified atom stereocenters.